The van der Waals surface area contributed by atoms with E-state index in [9.17, 15) is 26.4 Å². The molecule has 4 rings (SSSR count). The highest BCUT2D eigenvalue weighted by Gasteiger charge is 2.49. The predicted octanol–water partition coefficient (Wildman–Crippen LogP) is 5.41. The maximum atomic E-state index is 13.1. The minimum Gasteiger partial charge on any atom is -0.450 e. The highest BCUT2D eigenvalue weighted by Crippen LogP contribution is 2.46. The van der Waals surface area contributed by atoms with Crippen LogP contribution in [-0.4, -0.2) is 49.6 Å². The van der Waals surface area contributed by atoms with Crippen LogP contribution in [0.15, 0.2) is 36.5 Å². The predicted molar refractivity (Wildman–Crippen MR) is 123 cm³/mol. The van der Waals surface area contributed by atoms with Crippen molar-refractivity contribution in [2.24, 2.45) is 5.92 Å². The van der Waals surface area contributed by atoms with Gasteiger partial charge in [0.25, 0.3) is 0 Å². The molecule has 0 N–H and O–H groups in total. The molecule has 1 fully saturated rings. The molecule has 1 aromatic carbocycles. The molecule has 2 aliphatic rings. The number of hydrogen-bond acceptors (Lipinski definition) is 6. The van der Waals surface area contributed by atoms with Crippen LogP contribution in [0.3, 0.4) is 0 Å². The molecule has 7 nitrogen and oxygen atoms in total. The van der Waals surface area contributed by atoms with Crippen LogP contribution >= 0.6 is 11.6 Å². The van der Waals surface area contributed by atoms with Gasteiger partial charge in [-0.3, -0.25) is 4.98 Å². The van der Waals surface area contributed by atoms with Gasteiger partial charge in [-0.15, -0.1) is 0 Å². The molecule has 1 aliphatic heterocycles. The maximum Gasteiger partial charge on any atom is 0.534 e. The number of amides is 1. The average Bonchev–Trinajstić information content (AvgIpc) is 2.92. The Bertz CT molecular complexity index is 1260. The lowest BCUT2D eigenvalue weighted by atomic mass is 9.76. The molecule has 0 radical (unpaired) electrons. The summed E-state index contributed by atoms with van der Waals surface area (Å²) in [5, 5.41) is 0.206. The Balaban J connectivity index is 1.78. The number of pyridine rings is 1. The topological polar surface area (TPSA) is 85.8 Å². The Morgan fingerprint density at radius 1 is 1.23 bits per heavy atom. The van der Waals surface area contributed by atoms with Crippen LogP contribution in [0, 0.1) is 5.92 Å². The molecule has 1 amide bonds. The fourth-order valence-electron chi connectivity index (χ4n) is 4.53. The van der Waals surface area contributed by atoms with E-state index >= 15 is 0 Å². The molecule has 1 aromatic heterocycles. The lowest BCUT2D eigenvalue weighted by Crippen LogP contribution is -2.40. The smallest absolute Gasteiger partial charge is 0.450 e. The Morgan fingerprint density at radius 3 is 2.60 bits per heavy atom. The second kappa shape index (κ2) is 9.69. The Labute approximate surface area is 205 Å². The molecule has 0 saturated carbocycles. The molecular weight excluding hydrogens is 509 g/mol. The van der Waals surface area contributed by atoms with Gasteiger partial charge in [-0.05, 0) is 55.5 Å². The Morgan fingerprint density at radius 2 is 1.94 bits per heavy atom. The molecule has 1 aliphatic carbocycles. The first-order chi connectivity index (χ1) is 16.5. The molecule has 1 saturated heterocycles. The summed E-state index contributed by atoms with van der Waals surface area (Å²) in [5.74, 6) is -0.921. The van der Waals surface area contributed by atoms with E-state index in [0.717, 1.165) is 0 Å². The number of alkyl halides is 3. The second-order valence-corrected chi connectivity index (χ2v) is 10.2. The zero-order valence-corrected chi connectivity index (χ0v) is 20.2. The Kier molecular flexibility index (Phi) is 7.01. The van der Waals surface area contributed by atoms with Crippen molar-refractivity contribution in [2.45, 2.75) is 31.2 Å². The largest absolute Gasteiger partial charge is 0.534 e. The number of benzene rings is 1. The number of piperidine rings is 1. The summed E-state index contributed by atoms with van der Waals surface area (Å²) in [6, 6.07) is 7.88. The second-order valence-electron chi connectivity index (χ2n) is 8.20. The number of ether oxygens (including phenoxy) is 1. The number of carbonyl (C=O) groups excluding carboxylic acids is 1. The SMILES string of the molecule is CCOC(=O)N1CCC(C2c3ccc(Cl)cc3C(OS(=O)(=O)C(F)(F)F)=Cc3cccnc32)CC1. The van der Waals surface area contributed by atoms with Gasteiger partial charge in [-0.1, -0.05) is 23.7 Å². The van der Waals surface area contributed by atoms with Crippen LogP contribution in [0.5, 0.6) is 0 Å². The molecule has 12 heteroatoms. The van der Waals surface area contributed by atoms with Crippen molar-refractivity contribution in [3.05, 3.63) is 63.9 Å². The van der Waals surface area contributed by atoms with Crippen molar-refractivity contribution in [2.75, 3.05) is 19.7 Å². The van der Waals surface area contributed by atoms with Crippen molar-refractivity contribution in [1.29, 1.82) is 0 Å². The van der Waals surface area contributed by atoms with E-state index in [2.05, 4.69) is 9.17 Å². The fraction of sp³-hybridized carbons (Fsp3) is 0.391. The minimum absolute atomic E-state index is 0.0405. The summed E-state index contributed by atoms with van der Waals surface area (Å²) in [4.78, 5) is 18.3. The minimum atomic E-state index is -5.93. The van der Waals surface area contributed by atoms with Gasteiger partial charge in [-0.25, -0.2) is 4.79 Å². The fourth-order valence-corrected chi connectivity index (χ4v) is 5.17. The summed E-state index contributed by atoms with van der Waals surface area (Å²) < 4.78 is 72.9. The third-order valence-electron chi connectivity index (χ3n) is 6.09. The van der Waals surface area contributed by atoms with E-state index in [1.165, 1.54) is 12.1 Å². The summed E-state index contributed by atoms with van der Waals surface area (Å²) in [6.45, 7) is 2.86. The standard InChI is InChI=1S/C23H22ClF3N2O5S/c1-2-33-22(30)29-10-7-14(8-11-29)20-17-6-5-16(24)13-18(17)19(34-35(31,32)23(25,26)27)12-15-4-3-9-28-21(15)20/h3-6,9,12-14,20H,2,7-8,10-11H2,1H3. The summed E-state index contributed by atoms with van der Waals surface area (Å²) in [6.07, 6.45) is 3.58. The monoisotopic (exact) mass is 530 g/mol. The van der Waals surface area contributed by atoms with Gasteiger partial charge in [0.05, 0.1) is 12.3 Å². The number of rotatable bonds is 4. The molecular formula is C23H22ClF3N2O5S. The zero-order chi connectivity index (χ0) is 25.4. The van der Waals surface area contributed by atoms with E-state index in [4.69, 9.17) is 16.3 Å². The summed E-state index contributed by atoms with van der Waals surface area (Å²) in [5.41, 5.74) is -3.90. The molecule has 2 heterocycles. The van der Waals surface area contributed by atoms with E-state index in [1.807, 2.05) is 0 Å². The first-order valence-corrected chi connectivity index (χ1v) is 12.7. The molecule has 2 aromatic rings. The van der Waals surface area contributed by atoms with Gasteiger partial charge >= 0.3 is 21.7 Å². The molecule has 1 unspecified atom stereocenters. The van der Waals surface area contributed by atoms with Gasteiger partial charge < -0.3 is 13.8 Å². The third kappa shape index (κ3) is 5.11. The zero-order valence-electron chi connectivity index (χ0n) is 18.6. The van der Waals surface area contributed by atoms with E-state index in [1.54, 1.807) is 42.3 Å². The van der Waals surface area contributed by atoms with Crippen LogP contribution in [0.4, 0.5) is 18.0 Å². The quantitative estimate of drug-likeness (QED) is 0.388. The van der Waals surface area contributed by atoms with E-state index in [-0.39, 0.29) is 23.1 Å². The average molecular weight is 531 g/mol. The van der Waals surface area contributed by atoms with Crippen LogP contribution in [0.1, 0.15) is 48.1 Å². The highest BCUT2D eigenvalue weighted by atomic mass is 35.5. The van der Waals surface area contributed by atoms with E-state index < -0.39 is 33.4 Å². The number of nitrogens with zero attached hydrogens (tertiary/aromatic N) is 2. The van der Waals surface area contributed by atoms with Gasteiger partial charge in [0.15, 0.2) is 5.76 Å². The van der Waals surface area contributed by atoms with Gasteiger partial charge in [0.2, 0.25) is 0 Å². The number of likely N-dealkylation sites (tertiary alicyclic amines) is 1. The van der Waals surface area contributed by atoms with Crippen molar-refractivity contribution >= 4 is 39.6 Å². The van der Waals surface area contributed by atoms with Gasteiger partial charge in [0, 0.05) is 41.4 Å². The third-order valence-corrected chi connectivity index (χ3v) is 7.29. The van der Waals surface area contributed by atoms with Crippen molar-refractivity contribution < 1.29 is 35.3 Å². The lowest BCUT2D eigenvalue weighted by molar-refractivity contribution is -0.0509. The van der Waals surface area contributed by atoms with Gasteiger partial charge in [-0.2, -0.15) is 21.6 Å². The molecule has 188 valence electrons. The first kappa shape index (κ1) is 25.3. The Hall–Kier alpha value is -2.79. The summed E-state index contributed by atoms with van der Waals surface area (Å²) in [7, 11) is -5.93. The molecule has 0 bridgehead atoms. The highest BCUT2D eigenvalue weighted by molar-refractivity contribution is 7.87. The van der Waals surface area contributed by atoms with Crippen LogP contribution in [0.2, 0.25) is 5.02 Å². The van der Waals surface area contributed by atoms with Crippen molar-refractivity contribution in [1.82, 2.24) is 9.88 Å². The normalized spacial score (nSPS) is 18.7. The van der Waals surface area contributed by atoms with Gasteiger partial charge in [0.1, 0.15) is 0 Å². The van der Waals surface area contributed by atoms with Crippen LogP contribution in [0.25, 0.3) is 11.8 Å². The van der Waals surface area contributed by atoms with Crippen LogP contribution in [-0.2, 0) is 19.0 Å². The number of carbonyl (C=O) groups is 1. The molecule has 0 spiro atoms. The lowest BCUT2D eigenvalue weighted by Gasteiger charge is -2.36. The number of aromatic nitrogens is 1. The number of fused-ring (bicyclic) bond motifs is 2. The summed E-state index contributed by atoms with van der Waals surface area (Å²) >= 11 is 6.16. The molecule has 1 atom stereocenters. The maximum absolute atomic E-state index is 13.1. The number of hydrogen-bond donors (Lipinski definition) is 0. The first-order valence-electron chi connectivity index (χ1n) is 10.9. The van der Waals surface area contributed by atoms with Crippen molar-refractivity contribution in [3.8, 4) is 0 Å². The van der Waals surface area contributed by atoms with Crippen LogP contribution < -0.4 is 0 Å². The van der Waals surface area contributed by atoms with Crippen molar-refractivity contribution in [3.63, 3.8) is 0 Å². The number of halogens is 4. The molecule has 35 heavy (non-hydrogen) atoms. The van der Waals surface area contributed by atoms with E-state index in [0.29, 0.717) is 42.8 Å².